The van der Waals surface area contributed by atoms with E-state index in [-0.39, 0.29) is 10.8 Å². The maximum atomic E-state index is 12.1. The highest BCUT2D eigenvalue weighted by Crippen LogP contribution is 2.31. The first-order valence-corrected chi connectivity index (χ1v) is 10.5. The predicted octanol–water partition coefficient (Wildman–Crippen LogP) is 6.45. The number of furan rings is 1. The third-order valence-electron chi connectivity index (χ3n) is 3.87. The highest BCUT2D eigenvalue weighted by Gasteiger charge is 2.11. The molecule has 0 saturated carbocycles. The van der Waals surface area contributed by atoms with E-state index in [1.165, 1.54) is 30.4 Å². The van der Waals surface area contributed by atoms with E-state index in [0.29, 0.717) is 37.3 Å². The van der Waals surface area contributed by atoms with Crippen LogP contribution in [-0.2, 0) is 4.79 Å². The maximum absolute atomic E-state index is 12.1. The Morgan fingerprint density at radius 1 is 1.16 bits per heavy atom. The molecule has 3 rings (SSSR count). The number of nitrogens with zero attached hydrogens (tertiary/aromatic N) is 1. The van der Waals surface area contributed by atoms with Gasteiger partial charge in [-0.05, 0) is 70.6 Å². The summed E-state index contributed by atoms with van der Waals surface area (Å²) in [7, 11) is 0. The van der Waals surface area contributed by atoms with E-state index in [0.717, 1.165) is 0 Å². The zero-order chi connectivity index (χ0) is 22.5. The summed E-state index contributed by atoms with van der Waals surface area (Å²) in [6.07, 6.45) is 2.73. The van der Waals surface area contributed by atoms with Gasteiger partial charge in [-0.1, -0.05) is 23.2 Å². The van der Waals surface area contributed by atoms with Crippen molar-refractivity contribution >= 4 is 79.8 Å². The van der Waals surface area contributed by atoms with Crippen molar-refractivity contribution in [2.45, 2.75) is 0 Å². The minimum atomic E-state index is -0.514. The smallest absolute Gasteiger partial charge is 0.270 e. The number of hydrogen-bond acceptors (Lipinski definition) is 5. The number of nitro benzene ring substituents is 1. The topological polar surface area (TPSA) is 97.4 Å². The van der Waals surface area contributed by atoms with Gasteiger partial charge in [-0.15, -0.1) is 0 Å². The molecule has 2 N–H and O–H groups in total. The third kappa shape index (κ3) is 6.14. The van der Waals surface area contributed by atoms with Crippen LogP contribution in [0.15, 0.2) is 63.5 Å². The second-order valence-electron chi connectivity index (χ2n) is 6.02. The number of rotatable bonds is 5. The Bertz CT molecular complexity index is 1210. The van der Waals surface area contributed by atoms with Gasteiger partial charge in [-0.3, -0.25) is 20.2 Å². The molecule has 2 aromatic carbocycles. The lowest BCUT2D eigenvalue weighted by atomic mass is 10.2. The number of carbonyl (C=O) groups is 1. The first-order chi connectivity index (χ1) is 14.7. The monoisotopic (exact) mass is 539 g/mol. The zero-order valence-electron chi connectivity index (χ0n) is 15.4. The summed E-state index contributed by atoms with van der Waals surface area (Å²) in [5.74, 6) is 0.480. The summed E-state index contributed by atoms with van der Waals surface area (Å²) in [5, 5.41) is 17.0. The Kier molecular flexibility index (Phi) is 7.45. The molecule has 0 bridgehead atoms. The van der Waals surface area contributed by atoms with Gasteiger partial charge in [0.05, 0.1) is 15.6 Å². The van der Waals surface area contributed by atoms with Crippen molar-refractivity contribution < 1.29 is 14.1 Å². The molecular weight excluding hydrogens is 529 g/mol. The minimum absolute atomic E-state index is 0.0253. The lowest BCUT2D eigenvalue weighted by molar-refractivity contribution is -0.384. The van der Waals surface area contributed by atoms with Crippen LogP contribution in [0.2, 0.25) is 10.0 Å². The SMILES string of the molecule is O=C(/C=C/c1ccc(-c2ccc(Cl)cc2Cl)o1)NC(=S)Nc1ccc([N+](=O)[O-])cc1Br. The van der Waals surface area contributed by atoms with Gasteiger partial charge >= 0.3 is 0 Å². The summed E-state index contributed by atoms with van der Waals surface area (Å²) in [4.78, 5) is 22.4. The van der Waals surface area contributed by atoms with E-state index in [4.69, 9.17) is 39.8 Å². The van der Waals surface area contributed by atoms with Crippen LogP contribution in [-0.4, -0.2) is 15.9 Å². The lowest BCUT2D eigenvalue weighted by Gasteiger charge is -2.09. The number of non-ortho nitro benzene ring substituents is 1. The highest BCUT2D eigenvalue weighted by atomic mass is 79.9. The number of nitro groups is 1. The second kappa shape index (κ2) is 10.1. The van der Waals surface area contributed by atoms with Crippen LogP contribution >= 0.6 is 51.3 Å². The number of nitrogens with one attached hydrogen (secondary N) is 2. The number of halogens is 3. The standard InChI is InChI=1S/C20H12BrCl2N3O4S/c21-15-10-12(26(28)29)2-6-17(15)24-20(31)25-19(27)8-4-13-3-7-18(30-13)14-5-1-11(22)9-16(14)23/h1-10H,(H2,24,25,27,31)/b8-4+. The predicted molar refractivity (Wildman–Crippen MR) is 128 cm³/mol. The number of carbonyl (C=O) groups excluding carboxylic acids is 1. The number of benzene rings is 2. The average molecular weight is 541 g/mol. The highest BCUT2D eigenvalue weighted by molar-refractivity contribution is 9.10. The molecule has 0 radical (unpaired) electrons. The maximum Gasteiger partial charge on any atom is 0.270 e. The van der Waals surface area contributed by atoms with Crippen molar-refractivity contribution in [3.63, 3.8) is 0 Å². The fourth-order valence-electron chi connectivity index (χ4n) is 2.46. The van der Waals surface area contributed by atoms with Crippen LogP contribution in [0.1, 0.15) is 5.76 Å². The Morgan fingerprint density at radius 2 is 1.94 bits per heavy atom. The van der Waals surface area contributed by atoms with Gasteiger partial charge in [-0.25, -0.2) is 0 Å². The minimum Gasteiger partial charge on any atom is -0.457 e. The Hall–Kier alpha value is -2.72. The van der Waals surface area contributed by atoms with Crippen molar-refractivity contribution in [3.05, 3.63) is 85.0 Å². The molecule has 0 spiro atoms. The van der Waals surface area contributed by atoms with Crippen molar-refractivity contribution in [3.8, 4) is 11.3 Å². The Labute approximate surface area is 200 Å². The van der Waals surface area contributed by atoms with E-state index in [1.807, 2.05) is 0 Å². The summed E-state index contributed by atoms with van der Waals surface area (Å²) in [5.41, 5.74) is 1.07. The molecule has 158 valence electrons. The van der Waals surface area contributed by atoms with Crippen LogP contribution in [0.3, 0.4) is 0 Å². The van der Waals surface area contributed by atoms with E-state index >= 15 is 0 Å². The Balaban J connectivity index is 1.60. The molecule has 0 aliphatic carbocycles. The molecule has 0 aliphatic heterocycles. The van der Waals surface area contributed by atoms with Gasteiger partial charge in [0.2, 0.25) is 5.91 Å². The molecule has 0 unspecified atom stereocenters. The van der Waals surface area contributed by atoms with E-state index < -0.39 is 10.8 Å². The van der Waals surface area contributed by atoms with Gasteiger partial charge in [0.15, 0.2) is 5.11 Å². The van der Waals surface area contributed by atoms with Crippen molar-refractivity contribution in [1.29, 1.82) is 0 Å². The van der Waals surface area contributed by atoms with Gasteiger partial charge in [0.1, 0.15) is 11.5 Å². The molecule has 0 saturated heterocycles. The number of hydrogen-bond donors (Lipinski definition) is 2. The van der Waals surface area contributed by atoms with Crippen LogP contribution in [0.5, 0.6) is 0 Å². The molecule has 7 nitrogen and oxygen atoms in total. The summed E-state index contributed by atoms with van der Waals surface area (Å²) in [6.45, 7) is 0. The van der Waals surface area contributed by atoms with Crippen molar-refractivity contribution in [2.24, 2.45) is 0 Å². The molecule has 3 aromatic rings. The molecular formula is C20H12BrCl2N3O4S. The largest absolute Gasteiger partial charge is 0.457 e. The van der Waals surface area contributed by atoms with Gasteiger partial charge in [0, 0.05) is 33.3 Å². The normalized spacial score (nSPS) is 10.8. The van der Waals surface area contributed by atoms with Crippen LogP contribution in [0.25, 0.3) is 17.4 Å². The van der Waals surface area contributed by atoms with Gasteiger partial charge in [-0.2, -0.15) is 0 Å². The average Bonchev–Trinajstić information content (AvgIpc) is 3.16. The number of thiocarbonyl (C=S) groups is 1. The van der Waals surface area contributed by atoms with Crippen molar-refractivity contribution in [1.82, 2.24) is 5.32 Å². The Morgan fingerprint density at radius 3 is 2.61 bits per heavy atom. The van der Waals surface area contributed by atoms with Gasteiger partial charge < -0.3 is 9.73 Å². The molecule has 31 heavy (non-hydrogen) atoms. The molecule has 0 atom stereocenters. The fourth-order valence-corrected chi connectivity index (χ4v) is 3.64. The van der Waals surface area contributed by atoms with Crippen LogP contribution in [0.4, 0.5) is 11.4 Å². The van der Waals surface area contributed by atoms with E-state index in [9.17, 15) is 14.9 Å². The molecule has 0 fully saturated rings. The molecule has 1 heterocycles. The molecule has 1 amide bonds. The zero-order valence-corrected chi connectivity index (χ0v) is 19.3. The summed E-state index contributed by atoms with van der Waals surface area (Å²) in [6, 6.07) is 12.6. The van der Waals surface area contributed by atoms with Crippen molar-refractivity contribution in [2.75, 3.05) is 5.32 Å². The number of amides is 1. The first kappa shape index (κ1) is 23.0. The second-order valence-corrected chi connectivity index (χ2v) is 8.13. The molecule has 0 aliphatic rings. The van der Waals surface area contributed by atoms with E-state index in [1.54, 1.807) is 30.3 Å². The first-order valence-electron chi connectivity index (χ1n) is 8.52. The van der Waals surface area contributed by atoms with Gasteiger partial charge in [0.25, 0.3) is 5.69 Å². The number of anilines is 1. The van der Waals surface area contributed by atoms with E-state index in [2.05, 4.69) is 26.6 Å². The fraction of sp³-hybridized carbons (Fsp3) is 0. The summed E-state index contributed by atoms with van der Waals surface area (Å²) >= 11 is 20.4. The van der Waals surface area contributed by atoms with Crippen LogP contribution < -0.4 is 10.6 Å². The quantitative estimate of drug-likeness (QED) is 0.167. The summed E-state index contributed by atoms with van der Waals surface area (Å²) < 4.78 is 6.11. The third-order valence-corrected chi connectivity index (χ3v) is 5.28. The molecule has 1 aromatic heterocycles. The molecule has 11 heteroatoms. The lowest BCUT2D eigenvalue weighted by Crippen LogP contribution is -2.32. The van der Waals surface area contributed by atoms with Crippen LogP contribution in [0, 0.1) is 10.1 Å².